The van der Waals surface area contributed by atoms with Gasteiger partial charge < -0.3 is 9.64 Å². The van der Waals surface area contributed by atoms with Gasteiger partial charge in [0.15, 0.2) is 5.11 Å². The number of hydrogen-bond acceptors (Lipinski definition) is 3. The van der Waals surface area contributed by atoms with E-state index in [9.17, 15) is 4.79 Å². The first kappa shape index (κ1) is 18.2. The van der Waals surface area contributed by atoms with Crippen LogP contribution in [0.4, 0.5) is 5.69 Å². The molecule has 0 bridgehead atoms. The van der Waals surface area contributed by atoms with Crippen LogP contribution in [0.2, 0.25) is 0 Å². The van der Waals surface area contributed by atoms with Crippen molar-refractivity contribution in [2.45, 2.75) is 12.6 Å². The second kappa shape index (κ2) is 7.82. The molecule has 1 unspecified atom stereocenters. The van der Waals surface area contributed by atoms with E-state index >= 15 is 0 Å². The zero-order valence-corrected chi connectivity index (χ0v) is 16.3. The second-order valence-corrected chi connectivity index (χ2v) is 6.95. The fourth-order valence-corrected chi connectivity index (χ4v) is 3.81. The molecule has 0 N–H and O–H groups in total. The van der Waals surface area contributed by atoms with Crippen molar-refractivity contribution in [2.75, 3.05) is 12.0 Å². The van der Waals surface area contributed by atoms with Gasteiger partial charge in [0.05, 0.1) is 12.8 Å². The normalized spacial score (nSPS) is 16.5. The van der Waals surface area contributed by atoms with Crippen LogP contribution in [-0.2, 0) is 11.3 Å². The zero-order valence-electron chi connectivity index (χ0n) is 15.5. The minimum Gasteiger partial charge on any atom is -0.497 e. The molecule has 28 heavy (non-hydrogen) atoms. The summed E-state index contributed by atoms with van der Waals surface area (Å²) in [4.78, 5) is 17.0. The molecule has 0 spiro atoms. The maximum atomic E-state index is 13.4. The lowest BCUT2D eigenvalue weighted by Gasteiger charge is -2.24. The van der Waals surface area contributed by atoms with Crippen molar-refractivity contribution >= 4 is 28.9 Å². The highest BCUT2D eigenvalue weighted by atomic mass is 32.1. The maximum Gasteiger partial charge on any atom is 0.260 e. The number of ether oxygens (including phenoxy) is 1. The van der Waals surface area contributed by atoms with Crippen molar-refractivity contribution in [1.82, 2.24) is 4.90 Å². The van der Waals surface area contributed by atoms with Crippen LogP contribution in [0.25, 0.3) is 0 Å². The Morgan fingerprint density at radius 3 is 2.11 bits per heavy atom. The number of carbonyl (C=O) groups excluding carboxylic acids is 1. The summed E-state index contributed by atoms with van der Waals surface area (Å²) in [6.45, 7) is 0.539. The van der Waals surface area contributed by atoms with E-state index in [2.05, 4.69) is 0 Å². The molecule has 1 saturated heterocycles. The van der Waals surface area contributed by atoms with Gasteiger partial charge in [-0.3, -0.25) is 9.69 Å². The van der Waals surface area contributed by atoms with E-state index in [0.717, 1.165) is 22.6 Å². The van der Waals surface area contributed by atoms with E-state index in [0.29, 0.717) is 11.7 Å². The number of thiocarbonyl (C=S) groups is 1. The van der Waals surface area contributed by atoms with Crippen LogP contribution >= 0.6 is 12.2 Å². The quantitative estimate of drug-likeness (QED) is 0.600. The summed E-state index contributed by atoms with van der Waals surface area (Å²) in [6.07, 6.45) is 0. The third-order valence-electron chi connectivity index (χ3n) is 4.84. The predicted molar refractivity (Wildman–Crippen MR) is 114 cm³/mol. The van der Waals surface area contributed by atoms with Crippen LogP contribution in [0.15, 0.2) is 84.9 Å². The number of anilines is 1. The van der Waals surface area contributed by atoms with Gasteiger partial charge in [-0.25, -0.2) is 0 Å². The Kier molecular flexibility index (Phi) is 5.08. The highest BCUT2D eigenvalue weighted by Gasteiger charge is 2.43. The van der Waals surface area contributed by atoms with Crippen LogP contribution in [-0.4, -0.2) is 23.0 Å². The molecule has 1 heterocycles. The first-order valence-electron chi connectivity index (χ1n) is 9.06. The molecule has 1 aliphatic heterocycles. The lowest BCUT2D eigenvalue weighted by Crippen LogP contribution is -2.32. The van der Waals surface area contributed by atoms with Gasteiger partial charge >= 0.3 is 0 Å². The Balaban J connectivity index is 1.72. The van der Waals surface area contributed by atoms with Gasteiger partial charge in [0.1, 0.15) is 11.8 Å². The standard InChI is InChI=1S/C23H20N2O2S/c1-27-20-14-12-17(13-15-20)16-24-21(18-8-4-2-5-9-18)22(26)25(23(24)28)19-10-6-3-7-11-19/h2-15,21H,16H2,1H3. The van der Waals surface area contributed by atoms with Crippen molar-refractivity contribution < 1.29 is 9.53 Å². The zero-order chi connectivity index (χ0) is 19.5. The number of para-hydroxylation sites is 1. The molecular formula is C23H20N2O2S. The molecule has 3 aromatic carbocycles. The monoisotopic (exact) mass is 388 g/mol. The number of carbonyl (C=O) groups is 1. The summed E-state index contributed by atoms with van der Waals surface area (Å²) in [5.74, 6) is 0.769. The average Bonchev–Trinajstić information content (AvgIpc) is 2.99. The van der Waals surface area contributed by atoms with Gasteiger partial charge in [-0.2, -0.15) is 0 Å². The number of hydrogen-bond donors (Lipinski definition) is 0. The fraction of sp³-hybridized carbons (Fsp3) is 0.130. The number of nitrogens with zero attached hydrogens (tertiary/aromatic N) is 2. The Morgan fingerprint density at radius 2 is 1.50 bits per heavy atom. The summed E-state index contributed by atoms with van der Waals surface area (Å²) in [5.41, 5.74) is 2.78. The van der Waals surface area contributed by atoms with Gasteiger partial charge in [0, 0.05) is 6.54 Å². The van der Waals surface area contributed by atoms with E-state index in [-0.39, 0.29) is 5.91 Å². The lowest BCUT2D eigenvalue weighted by atomic mass is 10.0. The molecule has 0 saturated carbocycles. The Labute approximate surface area is 170 Å². The molecule has 1 atom stereocenters. The third kappa shape index (κ3) is 3.37. The van der Waals surface area contributed by atoms with Gasteiger partial charge in [-0.1, -0.05) is 60.7 Å². The van der Waals surface area contributed by atoms with Crippen molar-refractivity contribution in [3.05, 3.63) is 96.1 Å². The SMILES string of the molecule is COc1ccc(CN2C(=S)N(c3ccccc3)C(=O)C2c2ccccc2)cc1. The summed E-state index contributed by atoms with van der Waals surface area (Å²) < 4.78 is 5.24. The maximum absolute atomic E-state index is 13.4. The van der Waals surface area contributed by atoms with Gasteiger partial charge in [0.25, 0.3) is 5.91 Å². The summed E-state index contributed by atoms with van der Waals surface area (Å²) in [6, 6.07) is 26.7. The van der Waals surface area contributed by atoms with Gasteiger partial charge in [-0.05, 0) is 47.6 Å². The first-order valence-corrected chi connectivity index (χ1v) is 9.47. The van der Waals surface area contributed by atoms with Crippen LogP contribution in [0.3, 0.4) is 0 Å². The second-order valence-electron chi connectivity index (χ2n) is 6.58. The third-order valence-corrected chi connectivity index (χ3v) is 5.26. The molecule has 0 aliphatic carbocycles. The molecule has 4 rings (SSSR count). The van der Waals surface area contributed by atoms with Crippen molar-refractivity contribution in [3.63, 3.8) is 0 Å². The fourth-order valence-electron chi connectivity index (χ4n) is 3.45. The van der Waals surface area contributed by atoms with Crippen LogP contribution in [0.5, 0.6) is 5.75 Å². The van der Waals surface area contributed by atoms with Crippen LogP contribution in [0.1, 0.15) is 17.2 Å². The molecule has 0 radical (unpaired) electrons. The van der Waals surface area contributed by atoms with Crippen LogP contribution < -0.4 is 9.64 Å². The van der Waals surface area contributed by atoms with Crippen molar-refractivity contribution in [1.29, 1.82) is 0 Å². The molecule has 1 aliphatic rings. The van der Waals surface area contributed by atoms with Gasteiger partial charge in [0.2, 0.25) is 0 Å². The molecule has 4 nitrogen and oxygen atoms in total. The largest absolute Gasteiger partial charge is 0.497 e. The smallest absolute Gasteiger partial charge is 0.260 e. The highest BCUT2D eigenvalue weighted by Crippen LogP contribution is 2.35. The summed E-state index contributed by atoms with van der Waals surface area (Å²) in [7, 11) is 1.65. The van der Waals surface area contributed by atoms with Crippen LogP contribution in [0, 0.1) is 0 Å². The minimum absolute atomic E-state index is 0.0316. The Hall–Kier alpha value is -3.18. The minimum atomic E-state index is -0.448. The van der Waals surface area contributed by atoms with E-state index in [1.165, 1.54) is 0 Å². The van der Waals surface area contributed by atoms with E-state index < -0.39 is 6.04 Å². The van der Waals surface area contributed by atoms with Gasteiger partial charge in [-0.15, -0.1) is 0 Å². The van der Waals surface area contributed by atoms with E-state index in [1.807, 2.05) is 89.8 Å². The summed E-state index contributed by atoms with van der Waals surface area (Å²) >= 11 is 5.75. The predicted octanol–water partition coefficient (Wildman–Crippen LogP) is 4.57. The number of benzene rings is 3. The molecule has 1 amide bonds. The number of rotatable bonds is 5. The topological polar surface area (TPSA) is 32.8 Å². The average molecular weight is 388 g/mol. The lowest BCUT2D eigenvalue weighted by molar-refractivity contribution is -0.120. The highest BCUT2D eigenvalue weighted by molar-refractivity contribution is 7.80. The molecule has 140 valence electrons. The molecule has 5 heteroatoms. The Bertz CT molecular complexity index is 975. The van der Waals surface area contributed by atoms with E-state index in [1.54, 1.807) is 12.0 Å². The number of amides is 1. The van der Waals surface area contributed by atoms with Crippen molar-refractivity contribution in [3.8, 4) is 5.75 Å². The Morgan fingerprint density at radius 1 is 0.893 bits per heavy atom. The van der Waals surface area contributed by atoms with Crippen molar-refractivity contribution in [2.24, 2.45) is 0 Å². The van der Waals surface area contributed by atoms with E-state index in [4.69, 9.17) is 17.0 Å². The molecule has 0 aromatic heterocycles. The first-order chi connectivity index (χ1) is 13.7. The molecular weight excluding hydrogens is 368 g/mol. The molecule has 3 aromatic rings. The molecule has 1 fully saturated rings. The number of methoxy groups -OCH3 is 1. The summed E-state index contributed by atoms with van der Waals surface area (Å²) in [5, 5.41) is 0.515.